The number of aliphatic hydroxyl groups is 1. The highest BCUT2D eigenvalue weighted by Crippen LogP contribution is 2.19. The lowest BCUT2D eigenvalue weighted by Crippen LogP contribution is -2.36. The van der Waals surface area contributed by atoms with Gasteiger partial charge in [-0.25, -0.2) is 4.98 Å². The molecule has 1 heterocycles. The average molecular weight is 233 g/mol. The Bertz CT molecular complexity index is 504. The van der Waals surface area contributed by atoms with E-state index >= 15 is 0 Å². The maximum Gasteiger partial charge on any atom is 0.110 e. The molecule has 0 fully saturated rings. The van der Waals surface area contributed by atoms with Crippen molar-refractivity contribution in [1.82, 2.24) is 9.97 Å². The van der Waals surface area contributed by atoms with Gasteiger partial charge >= 0.3 is 0 Å². The number of imidazole rings is 1. The van der Waals surface area contributed by atoms with Crippen molar-refractivity contribution in [2.45, 2.75) is 32.8 Å². The molecule has 92 valence electrons. The summed E-state index contributed by atoms with van der Waals surface area (Å²) in [5.74, 6) is 0.778. The molecule has 0 spiro atoms. The maximum atomic E-state index is 9.93. The smallest absolute Gasteiger partial charge is 0.110 e. The summed E-state index contributed by atoms with van der Waals surface area (Å²) in [7, 11) is 0. The maximum absolute atomic E-state index is 9.93. The predicted octanol–water partition coefficient (Wildman–Crippen LogP) is 1.43. The number of hydrogen-bond acceptors (Lipinski definition) is 3. The number of nitrogens with two attached hydrogens (primary N) is 1. The summed E-state index contributed by atoms with van der Waals surface area (Å²) in [4.78, 5) is 7.70. The zero-order valence-corrected chi connectivity index (χ0v) is 10.5. The molecule has 0 aliphatic carbocycles. The Hall–Kier alpha value is -1.39. The third-order valence-corrected chi connectivity index (χ3v) is 3.13. The van der Waals surface area contributed by atoms with E-state index < -0.39 is 5.60 Å². The highest BCUT2D eigenvalue weighted by atomic mass is 16.3. The molecule has 1 unspecified atom stereocenters. The lowest BCUT2D eigenvalue weighted by Gasteiger charge is -2.18. The lowest BCUT2D eigenvalue weighted by atomic mass is 10.0. The van der Waals surface area contributed by atoms with Crippen LogP contribution in [-0.2, 0) is 6.42 Å². The number of nitrogens with one attached hydrogen (secondary N) is 1. The fraction of sp³-hybridized carbons (Fsp3) is 0.462. The Morgan fingerprint density at radius 2 is 2.00 bits per heavy atom. The number of benzene rings is 1. The SMILES string of the molecule is Cc1cc2nc(CC(C)(O)CN)[nH]c2cc1C. The minimum Gasteiger partial charge on any atom is -0.388 e. The summed E-state index contributed by atoms with van der Waals surface area (Å²) < 4.78 is 0. The van der Waals surface area contributed by atoms with Crippen molar-refractivity contribution in [2.75, 3.05) is 6.54 Å². The van der Waals surface area contributed by atoms with Crippen molar-refractivity contribution in [3.05, 3.63) is 29.1 Å². The molecule has 2 aromatic rings. The fourth-order valence-electron chi connectivity index (χ4n) is 1.84. The van der Waals surface area contributed by atoms with E-state index in [0.717, 1.165) is 16.9 Å². The summed E-state index contributed by atoms with van der Waals surface area (Å²) in [5, 5.41) is 9.93. The summed E-state index contributed by atoms with van der Waals surface area (Å²) in [6, 6.07) is 4.14. The highest BCUT2D eigenvalue weighted by molar-refractivity contribution is 5.77. The van der Waals surface area contributed by atoms with Crippen LogP contribution in [0.2, 0.25) is 0 Å². The number of rotatable bonds is 3. The molecular formula is C13H19N3O. The Labute approximate surface area is 101 Å². The third-order valence-electron chi connectivity index (χ3n) is 3.13. The van der Waals surface area contributed by atoms with Crippen LogP contribution in [0.3, 0.4) is 0 Å². The highest BCUT2D eigenvalue weighted by Gasteiger charge is 2.20. The molecule has 0 saturated heterocycles. The number of fused-ring (bicyclic) bond motifs is 1. The average Bonchev–Trinajstić information content (AvgIpc) is 2.59. The molecule has 4 heteroatoms. The van der Waals surface area contributed by atoms with E-state index in [-0.39, 0.29) is 6.54 Å². The van der Waals surface area contributed by atoms with Crippen LogP contribution in [0.1, 0.15) is 23.9 Å². The van der Waals surface area contributed by atoms with Crippen LogP contribution in [0.5, 0.6) is 0 Å². The molecule has 1 atom stereocenters. The van der Waals surface area contributed by atoms with Gasteiger partial charge in [-0.15, -0.1) is 0 Å². The molecule has 0 radical (unpaired) electrons. The summed E-state index contributed by atoms with van der Waals surface area (Å²) >= 11 is 0. The van der Waals surface area contributed by atoms with E-state index in [1.807, 2.05) is 0 Å². The number of aromatic amines is 1. The molecule has 0 aliphatic rings. The van der Waals surface area contributed by atoms with Crippen LogP contribution in [0.15, 0.2) is 12.1 Å². The second-order valence-electron chi connectivity index (χ2n) is 5.01. The number of nitrogens with zero attached hydrogens (tertiary/aromatic N) is 1. The molecule has 1 aromatic carbocycles. The van der Waals surface area contributed by atoms with Crippen molar-refractivity contribution in [2.24, 2.45) is 5.73 Å². The van der Waals surface area contributed by atoms with Crippen molar-refractivity contribution in [3.63, 3.8) is 0 Å². The lowest BCUT2D eigenvalue weighted by molar-refractivity contribution is 0.0678. The van der Waals surface area contributed by atoms with Crippen LogP contribution in [-0.4, -0.2) is 27.2 Å². The van der Waals surface area contributed by atoms with E-state index in [9.17, 15) is 5.11 Å². The number of aromatic nitrogens is 2. The molecule has 17 heavy (non-hydrogen) atoms. The largest absolute Gasteiger partial charge is 0.388 e. The second-order valence-corrected chi connectivity index (χ2v) is 5.01. The van der Waals surface area contributed by atoms with Crippen LogP contribution in [0, 0.1) is 13.8 Å². The first-order chi connectivity index (χ1) is 7.91. The summed E-state index contributed by atoms with van der Waals surface area (Å²) in [5.41, 5.74) is 9.01. The van der Waals surface area contributed by atoms with Gasteiger partial charge in [0, 0.05) is 13.0 Å². The van der Waals surface area contributed by atoms with E-state index in [1.165, 1.54) is 11.1 Å². The van der Waals surface area contributed by atoms with Gasteiger partial charge in [-0.2, -0.15) is 0 Å². The summed E-state index contributed by atoms with van der Waals surface area (Å²) in [6.45, 7) is 6.09. The molecule has 0 saturated carbocycles. The predicted molar refractivity (Wildman–Crippen MR) is 68.9 cm³/mol. The Morgan fingerprint density at radius 1 is 1.35 bits per heavy atom. The van der Waals surface area contributed by atoms with E-state index in [0.29, 0.717) is 6.42 Å². The van der Waals surface area contributed by atoms with Gasteiger partial charge in [-0.05, 0) is 44.0 Å². The van der Waals surface area contributed by atoms with Gasteiger partial charge in [0.15, 0.2) is 0 Å². The minimum atomic E-state index is -0.905. The van der Waals surface area contributed by atoms with Crippen LogP contribution in [0.4, 0.5) is 0 Å². The first kappa shape index (κ1) is 12.1. The van der Waals surface area contributed by atoms with Crippen molar-refractivity contribution < 1.29 is 5.11 Å². The standard InChI is InChI=1S/C13H19N3O/c1-8-4-10-11(5-9(8)2)16-12(15-10)6-13(3,17)7-14/h4-5,17H,6-7,14H2,1-3H3,(H,15,16). The van der Waals surface area contributed by atoms with E-state index in [4.69, 9.17) is 5.73 Å². The van der Waals surface area contributed by atoms with Gasteiger partial charge in [-0.3, -0.25) is 0 Å². The van der Waals surface area contributed by atoms with Crippen LogP contribution < -0.4 is 5.73 Å². The van der Waals surface area contributed by atoms with Gasteiger partial charge in [0.1, 0.15) is 5.82 Å². The van der Waals surface area contributed by atoms with Crippen molar-refractivity contribution >= 4 is 11.0 Å². The molecule has 4 nitrogen and oxygen atoms in total. The van der Waals surface area contributed by atoms with Crippen LogP contribution >= 0.6 is 0 Å². The Kier molecular flexibility index (Phi) is 2.93. The first-order valence-electron chi connectivity index (χ1n) is 5.79. The third kappa shape index (κ3) is 2.48. The van der Waals surface area contributed by atoms with Gasteiger partial charge in [0.2, 0.25) is 0 Å². The van der Waals surface area contributed by atoms with E-state index in [1.54, 1.807) is 6.92 Å². The molecule has 2 rings (SSSR count). The quantitative estimate of drug-likeness (QED) is 0.750. The van der Waals surface area contributed by atoms with Gasteiger partial charge in [0.25, 0.3) is 0 Å². The molecule has 1 aromatic heterocycles. The molecule has 0 aliphatic heterocycles. The zero-order chi connectivity index (χ0) is 12.6. The first-order valence-corrected chi connectivity index (χ1v) is 5.79. The normalized spacial score (nSPS) is 15.1. The summed E-state index contributed by atoms with van der Waals surface area (Å²) in [6.07, 6.45) is 0.441. The molecule has 0 bridgehead atoms. The molecular weight excluding hydrogens is 214 g/mol. The van der Waals surface area contributed by atoms with Crippen molar-refractivity contribution in [1.29, 1.82) is 0 Å². The van der Waals surface area contributed by atoms with Gasteiger partial charge in [0.05, 0.1) is 16.6 Å². The second kappa shape index (κ2) is 4.13. The monoisotopic (exact) mass is 233 g/mol. The number of H-pyrrole nitrogens is 1. The minimum absolute atomic E-state index is 0.224. The zero-order valence-electron chi connectivity index (χ0n) is 10.5. The Morgan fingerprint density at radius 3 is 2.65 bits per heavy atom. The topological polar surface area (TPSA) is 74.9 Å². The van der Waals surface area contributed by atoms with Crippen molar-refractivity contribution in [3.8, 4) is 0 Å². The number of aryl methyl sites for hydroxylation is 2. The number of hydrogen-bond donors (Lipinski definition) is 3. The Balaban J connectivity index is 2.38. The fourth-order valence-corrected chi connectivity index (χ4v) is 1.84. The van der Waals surface area contributed by atoms with Gasteiger partial charge in [-0.1, -0.05) is 0 Å². The van der Waals surface area contributed by atoms with Gasteiger partial charge < -0.3 is 15.8 Å². The molecule has 0 amide bonds. The van der Waals surface area contributed by atoms with E-state index in [2.05, 4.69) is 35.9 Å². The molecule has 4 N–H and O–H groups in total. The van der Waals surface area contributed by atoms with Crippen LogP contribution in [0.25, 0.3) is 11.0 Å².